The van der Waals surface area contributed by atoms with Crippen molar-refractivity contribution in [2.45, 2.75) is 38.8 Å². The Bertz CT molecular complexity index is 1180. The van der Waals surface area contributed by atoms with E-state index in [4.69, 9.17) is 19.2 Å². The van der Waals surface area contributed by atoms with Crippen LogP contribution in [0.1, 0.15) is 6.42 Å². The van der Waals surface area contributed by atoms with Gasteiger partial charge in [0, 0.05) is 50.5 Å². The number of aliphatic hydroxyl groups excluding tert-OH is 1. The van der Waals surface area contributed by atoms with E-state index in [2.05, 4.69) is 29.9 Å². The Morgan fingerprint density at radius 2 is 2.03 bits per heavy atom. The molecule has 0 unspecified atom stereocenters. The van der Waals surface area contributed by atoms with Crippen molar-refractivity contribution in [3.05, 3.63) is 30.6 Å². The number of fused-ring (bicyclic) bond motifs is 1. The molecule has 0 saturated heterocycles. The Kier molecular flexibility index (Phi) is 7.44. The number of methoxy groups -OCH3 is 2. The molecular formula is C25H34N4O5Si. The normalized spacial score (nSPS) is 17.4. The number of carbonyl (C=O) groups excluding carboxylic acids is 1. The van der Waals surface area contributed by atoms with Gasteiger partial charge in [0.1, 0.15) is 23.9 Å². The number of pyridine rings is 2. The molecule has 0 radical (unpaired) electrons. The highest BCUT2D eigenvalue weighted by Crippen LogP contribution is 2.42. The van der Waals surface area contributed by atoms with Gasteiger partial charge in [0.2, 0.25) is 11.8 Å². The molecule has 0 aromatic carbocycles. The fraction of sp³-hybridized carbons (Fsp3) is 0.480. The fourth-order valence-electron chi connectivity index (χ4n) is 4.06. The van der Waals surface area contributed by atoms with Crippen LogP contribution in [0.4, 0.5) is 5.82 Å². The van der Waals surface area contributed by atoms with Crippen molar-refractivity contribution < 1.29 is 24.1 Å². The minimum atomic E-state index is -1.22. The van der Waals surface area contributed by atoms with Crippen LogP contribution in [-0.4, -0.2) is 61.1 Å². The molecule has 3 aromatic heterocycles. The molecule has 0 bridgehead atoms. The Morgan fingerprint density at radius 1 is 1.23 bits per heavy atom. The van der Waals surface area contributed by atoms with Crippen LogP contribution in [0.2, 0.25) is 25.7 Å². The number of amides is 1. The van der Waals surface area contributed by atoms with E-state index in [-0.39, 0.29) is 24.3 Å². The number of hydrogen-bond donors (Lipinski definition) is 2. The lowest BCUT2D eigenvalue weighted by atomic mass is 10.1. The molecule has 1 saturated carbocycles. The van der Waals surface area contributed by atoms with Gasteiger partial charge in [-0.25, -0.2) is 9.97 Å². The average Bonchev–Trinajstić information content (AvgIpc) is 3.55. The van der Waals surface area contributed by atoms with Crippen LogP contribution < -0.4 is 14.8 Å². The van der Waals surface area contributed by atoms with Crippen LogP contribution in [0, 0.1) is 11.8 Å². The number of nitrogens with zero attached hydrogens (tertiary/aromatic N) is 3. The second-order valence-electron chi connectivity index (χ2n) is 10.1. The van der Waals surface area contributed by atoms with Gasteiger partial charge in [0.15, 0.2) is 0 Å². The lowest BCUT2D eigenvalue weighted by Crippen LogP contribution is -2.22. The van der Waals surface area contributed by atoms with E-state index >= 15 is 0 Å². The molecule has 9 nitrogen and oxygen atoms in total. The molecular weight excluding hydrogens is 464 g/mol. The Hall–Kier alpha value is -2.95. The van der Waals surface area contributed by atoms with E-state index in [1.165, 1.54) is 0 Å². The second-order valence-corrected chi connectivity index (χ2v) is 15.7. The van der Waals surface area contributed by atoms with E-state index in [0.29, 0.717) is 42.9 Å². The van der Waals surface area contributed by atoms with Crippen LogP contribution in [0.25, 0.3) is 22.2 Å². The highest BCUT2D eigenvalue weighted by Gasteiger charge is 2.42. The molecule has 3 aromatic rings. The molecule has 1 amide bonds. The molecule has 0 aliphatic heterocycles. The highest BCUT2D eigenvalue weighted by molar-refractivity contribution is 6.76. The number of hydrogen-bond acceptors (Lipinski definition) is 7. The maximum absolute atomic E-state index is 12.5. The van der Waals surface area contributed by atoms with Gasteiger partial charge in [-0.1, -0.05) is 19.6 Å². The summed E-state index contributed by atoms with van der Waals surface area (Å²) < 4.78 is 19.1. The minimum absolute atomic E-state index is 0.0281. The molecule has 1 fully saturated rings. The molecule has 10 heteroatoms. The van der Waals surface area contributed by atoms with Crippen LogP contribution >= 0.6 is 0 Å². The topological polar surface area (TPSA) is 108 Å². The Morgan fingerprint density at radius 3 is 2.69 bits per heavy atom. The smallest absolute Gasteiger partial charge is 0.229 e. The summed E-state index contributed by atoms with van der Waals surface area (Å²) in [6.45, 7) is 7.98. The first-order valence-electron chi connectivity index (χ1n) is 11.8. The molecule has 0 spiro atoms. The zero-order valence-corrected chi connectivity index (χ0v) is 22.0. The summed E-state index contributed by atoms with van der Waals surface area (Å²) in [5.74, 6) is 1.31. The van der Waals surface area contributed by atoms with E-state index < -0.39 is 8.07 Å². The second kappa shape index (κ2) is 10.3. The summed E-state index contributed by atoms with van der Waals surface area (Å²) in [4.78, 5) is 21.7. The predicted molar refractivity (Wildman–Crippen MR) is 137 cm³/mol. The third-order valence-corrected chi connectivity index (χ3v) is 7.96. The van der Waals surface area contributed by atoms with Crippen molar-refractivity contribution in [2.24, 2.45) is 11.8 Å². The van der Waals surface area contributed by atoms with Gasteiger partial charge in [0.25, 0.3) is 0 Å². The first-order valence-corrected chi connectivity index (χ1v) is 15.5. The number of ether oxygens (including phenoxy) is 3. The molecule has 1 aliphatic rings. The van der Waals surface area contributed by atoms with Crippen LogP contribution in [0.15, 0.2) is 30.6 Å². The number of carbonyl (C=O) groups is 1. The number of anilines is 1. The van der Waals surface area contributed by atoms with Crippen molar-refractivity contribution in [1.29, 1.82) is 0 Å². The number of rotatable bonds is 11. The quantitative estimate of drug-likeness (QED) is 0.304. The molecule has 1 aliphatic carbocycles. The van der Waals surface area contributed by atoms with Crippen LogP contribution in [0.5, 0.6) is 11.6 Å². The molecule has 2 N–H and O–H groups in total. The maximum atomic E-state index is 12.5. The van der Waals surface area contributed by atoms with Gasteiger partial charge in [-0.2, -0.15) is 0 Å². The SMILES string of the molecule is COc1ccnc(OC)c1-c1cn(COCC[Si](C)(C)C)c2nc(NC(=O)[C@@H]3C[C@H]3CO)ccc12. The monoisotopic (exact) mass is 498 g/mol. The summed E-state index contributed by atoms with van der Waals surface area (Å²) in [6.07, 6.45) is 4.31. The van der Waals surface area contributed by atoms with Gasteiger partial charge in [-0.3, -0.25) is 4.79 Å². The molecule has 3 heterocycles. The van der Waals surface area contributed by atoms with Crippen LogP contribution in [0.3, 0.4) is 0 Å². The Balaban J connectivity index is 1.70. The van der Waals surface area contributed by atoms with Crippen molar-refractivity contribution >= 4 is 30.8 Å². The van der Waals surface area contributed by atoms with Crippen molar-refractivity contribution in [3.63, 3.8) is 0 Å². The third kappa shape index (κ3) is 5.66. The summed E-state index contributed by atoms with van der Waals surface area (Å²) >= 11 is 0. The minimum Gasteiger partial charge on any atom is -0.496 e. The molecule has 188 valence electrons. The van der Waals surface area contributed by atoms with Gasteiger partial charge in [0.05, 0.1) is 19.8 Å². The standard InChI is InChI=1S/C25H34N4O5Si/c1-32-20-8-9-26-25(33-2)22(20)19-13-29(15-34-10-11-35(3,4)5)23-17(19)6-7-21(27-23)28-24(31)18-12-16(18)14-30/h6-9,13,16,18,30H,10-12,14-15H2,1-5H3,(H,27,28,31)/t16-,18+/m0/s1. The van der Waals surface area contributed by atoms with E-state index in [1.54, 1.807) is 32.5 Å². The van der Waals surface area contributed by atoms with Gasteiger partial charge in [-0.15, -0.1) is 0 Å². The van der Waals surface area contributed by atoms with Gasteiger partial charge in [-0.05, 0) is 36.6 Å². The Labute approximate surface area is 206 Å². The lowest BCUT2D eigenvalue weighted by Gasteiger charge is -2.15. The van der Waals surface area contributed by atoms with E-state index in [9.17, 15) is 9.90 Å². The maximum Gasteiger partial charge on any atom is 0.229 e. The summed E-state index contributed by atoms with van der Waals surface area (Å²) in [7, 11) is 1.97. The third-order valence-electron chi connectivity index (χ3n) is 6.25. The van der Waals surface area contributed by atoms with Crippen LogP contribution in [-0.2, 0) is 16.3 Å². The highest BCUT2D eigenvalue weighted by atomic mass is 28.3. The summed E-state index contributed by atoms with van der Waals surface area (Å²) in [6, 6.07) is 6.56. The van der Waals surface area contributed by atoms with Crippen molar-refractivity contribution in [2.75, 3.05) is 32.8 Å². The van der Waals surface area contributed by atoms with Gasteiger partial charge >= 0.3 is 0 Å². The molecule has 35 heavy (non-hydrogen) atoms. The van der Waals surface area contributed by atoms with E-state index in [1.807, 2.05) is 16.8 Å². The van der Waals surface area contributed by atoms with Gasteiger partial charge < -0.3 is 29.2 Å². The summed E-state index contributed by atoms with van der Waals surface area (Å²) in [5, 5.41) is 13.0. The number of aliphatic hydroxyl groups is 1. The first kappa shape index (κ1) is 25.1. The number of nitrogens with one attached hydrogen (secondary N) is 1. The summed E-state index contributed by atoms with van der Waals surface area (Å²) in [5.41, 5.74) is 2.25. The predicted octanol–water partition coefficient (Wildman–Crippen LogP) is 3.99. The molecule has 2 atom stereocenters. The largest absolute Gasteiger partial charge is 0.496 e. The molecule has 4 rings (SSSR count). The zero-order chi connectivity index (χ0) is 25.2. The van der Waals surface area contributed by atoms with E-state index in [0.717, 1.165) is 22.6 Å². The fourth-order valence-corrected chi connectivity index (χ4v) is 4.82. The van der Waals surface area contributed by atoms with Crippen molar-refractivity contribution in [3.8, 4) is 22.8 Å². The zero-order valence-electron chi connectivity index (χ0n) is 21.0. The average molecular weight is 499 g/mol. The number of aromatic nitrogens is 3. The van der Waals surface area contributed by atoms with Crippen molar-refractivity contribution in [1.82, 2.24) is 14.5 Å². The first-order chi connectivity index (χ1) is 16.8. The lowest BCUT2D eigenvalue weighted by molar-refractivity contribution is -0.117.